The van der Waals surface area contributed by atoms with Gasteiger partial charge in [0.25, 0.3) is 5.91 Å². The van der Waals surface area contributed by atoms with E-state index in [-0.39, 0.29) is 39.6 Å². The molecule has 0 aliphatic carbocycles. The van der Waals surface area contributed by atoms with Gasteiger partial charge < -0.3 is 15.2 Å². The van der Waals surface area contributed by atoms with Gasteiger partial charge in [-0.25, -0.2) is 4.39 Å². The molecule has 0 unspecified atom stereocenters. The maximum Gasteiger partial charge on any atom is 0.259 e. The molecule has 8 heteroatoms. The van der Waals surface area contributed by atoms with Crippen LogP contribution in [0.2, 0.25) is 5.02 Å². The van der Waals surface area contributed by atoms with Crippen molar-refractivity contribution in [1.29, 1.82) is 0 Å². The highest BCUT2D eigenvalue weighted by Crippen LogP contribution is 2.34. The SMILES string of the molecule is Cc1onc(-c2c(F)cccc2Cl)c1C(=O)N1CCC(CC(N)=O)CC1. The van der Waals surface area contributed by atoms with Gasteiger partial charge in [0, 0.05) is 19.5 Å². The molecule has 3 rings (SSSR count). The number of hydrogen-bond donors (Lipinski definition) is 1. The first kappa shape index (κ1) is 18.4. The molecule has 0 radical (unpaired) electrons. The van der Waals surface area contributed by atoms with Crippen LogP contribution in [0.4, 0.5) is 4.39 Å². The topological polar surface area (TPSA) is 89.4 Å². The summed E-state index contributed by atoms with van der Waals surface area (Å²) in [6, 6.07) is 4.28. The van der Waals surface area contributed by atoms with Gasteiger partial charge in [0.2, 0.25) is 5.91 Å². The Morgan fingerprint density at radius 3 is 2.69 bits per heavy atom. The minimum Gasteiger partial charge on any atom is -0.370 e. The monoisotopic (exact) mass is 379 g/mol. The van der Waals surface area contributed by atoms with E-state index in [2.05, 4.69) is 5.16 Å². The summed E-state index contributed by atoms with van der Waals surface area (Å²) in [6.45, 7) is 2.59. The van der Waals surface area contributed by atoms with E-state index in [0.717, 1.165) is 0 Å². The van der Waals surface area contributed by atoms with Crippen LogP contribution in [0.1, 0.15) is 35.4 Å². The molecule has 138 valence electrons. The maximum absolute atomic E-state index is 14.3. The summed E-state index contributed by atoms with van der Waals surface area (Å²) in [6.07, 6.45) is 1.70. The number of aryl methyl sites for hydroxylation is 1. The predicted molar refractivity (Wildman–Crippen MR) is 94.1 cm³/mol. The van der Waals surface area contributed by atoms with Crippen LogP contribution < -0.4 is 5.73 Å². The molecule has 2 heterocycles. The van der Waals surface area contributed by atoms with E-state index in [4.69, 9.17) is 21.9 Å². The van der Waals surface area contributed by atoms with E-state index in [1.54, 1.807) is 11.8 Å². The lowest BCUT2D eigenvalue weighted by Gasteiger charge is -2.31. The second kappa shape index (κ2) is 7.45. The molecule has 1 aromatic heterocycles. The molecule has 6 nitrogen and oxygen atoms in total. The van der Waals surface area contributed by atoms with Gasteiger partial charge in [-0.3, -0.25) is 9.59 Å². The Morgan fingerprint density at radius 2 is 2.08 bits per heavy atom. The Balaban J connectivity index is 1.86. The van der Waals surface area contributed by atoms with Crippen molar-refractivity contribution in [3.63, 3.8) is 0 Å². The second-order valence-corrected chi connectivity index (χ2v) is 6.87. The third kappa shape index (κ3) is 3.58. The Morgan fingerprint density at radius 1 is 1.38 bits per heavy atom. The third-order valence-corrected chi connectivity index (χ3v) is 4.98. The van der Waals surface area contributed by atoms with Gasteiger partial charge in [0.15, 0.2) is 0 Å². The first-order valence-electron chi connectivity index (χ1n) is 8.36. The fraction of sp³-hybridized carbons (Fsp3) is 0.389. The molecule has 26 heavy (non-hydrogen) atoms. The number of halogens is 2. The Labute approximate surface area is 155 Å². The maximum atomic E-state index is 14.3. The molecular weight excluding hydrogens is 361 g/mol. The average molecular weight is 380 g/mol. The van der Waals surface area contributed by atoms with Crippen molar-refractivity contribution in [1.82, 2.24) is 10.1 Å². The van der Waals surface area contributed by atoms with Crippen molar-refractivity contribution in [2.75, 3.05) is 13.1 Å². The van der Waals surface area contributed by atoms with Gasteiger partial charge in [-0.05, 0) is 37.8 Å². The number of piperidine rings is 1. The van der Waals surface area contributed by atoms with Gasteiger partial charge in [-0.2, -0.15) is 0 Å². The number of carbonyl (C=O) groups excluding carboxylic acids is 2. The highest BCUT2D eigenvalue weighted by molar-refractivity contribution is 6.33. The summed E-state index contributed by atoms with van der Waals surface area (Å²) in [5, 5.41) is 4.03. The van der Waals surface area contributed by atoms with E-state index in [1.807, 2.05) is 0 Å². The molecule has 2 N–H and O–H groups in total. The zero-order valence-corrected chi connectivity index (χ0v) is 15.1. The van der Waals surface area contributed by atoms with Crippen LogP contribution in [0.25, 0.3) is 11.3 Å². The zero-order chi connectivity index (χ0) is 18.8. The highest BCUT2D eigenvalue weighted by Gasteiger charge is 2.31. The lowest BCUT2D eigenvalue weighted by Crippen LogP contribution is -2.39. The summed E-state index contributed by atoms with van der Waals surface area (Å²) in [7, 11) is 0. The normalized spacial score (nSPS) is 15.3. The van der Waals surface area contributed by atoms with Gasteiger partial charge in [0.05, 0.1) is 10.6 Å². The molecule has 1 aliphatic rings. The molecule has 0 bridgehead atoms. The molecule has 1 saturated heterocycles. The minimum atomic E-state index is -0.569. The van der Waals surface area contributed by atoms with E-state index in [9.17, 15) is 14.0 Å². The number of hydrogen-bond acceptors (Lipinski definition) is 4. The van der Waals surface area contributed by atoms with Gasteiger partial charge in [-0.1, -0.05) is 22.8 Å². The van der Waals surface area contributed by atoms with Crippen LogP contribution in [0, 0.1) is 18.7 Å². The lowest BCUT2D eigenvalue weighted by molar-refractivity contribution is -0.119. The summed E-state index contributed by atoms with van der Waals surface area (Å²) in [5.74, 6) is -0.694. The number of nitrogens with two attached hydrogens (primary N) is 1. The van der Waals surface area contributed by atoms with E-state index in [1.165, 1.54) is 18.2 Å². The standard InChI is InChI=1S/C18H19ClFN3O3/c1-10-15(17(22-26-10)16-12(19)3-2-4-13(16)20)18(25)23-7-5-11(6-8-23)9-14(21)24/h2-4,11H,5-9H2,1H3,(H2,21,24). The van der Waals surface area contributed by atoms with E-state index in [0.29, 0.717) is 38.1 Å². The van der Waals surface area contributed by atoms with Crippen molar-refractivity contribution in [2.45, 2.75) is 26.2 Å². The van der Waals surface area contributed by atoms with Crippen molar-refractivity contribution < 1.29 is 18.5 Å². The average Bonchev–Trinajstić information content (AvgIpc) is 2.95. The molecular formula is C18H19ClFN3O3. The molecule has 2 aromatic rings. The first-order valence-corrected chi connectivity index (χ1v) is 8.74. The summed E-state index contributed by atoms with van der Waals surface area (Å²) < 4.78 is 19.4. The Bertz CT molecular complexity index is 824. The van der Waals surface area contributed by atoms with Gasteiger partial charge in [0.1, 0.15) is 22.8 Å². The number of rotatable bonds is 4. The number of aromatic nitrogens is 1. The molecule has 0 atom stereocenters. The predicted octanol–water partition coefficient (Wildman–Crippen LogP) is 3.17. The zero-order valence-electron chi connectivity index (χ0n) is 14.3. The molecule has 1 aromatic carbocycles. The molecule has 2 amide bonds. The number of nitrogens with zero attached hydrogens (tertiary/aromatic N) is 2. The summed E-state index contributed by atoms with van der Waals surface area (Å²) >= 11 is 6.11. The number of primary amides is 1. The molecule has 0 spiro atoms. The Kier molecular flexibility index (Phi) is 5.27. The van der Waals surface area contributed by atoms with Crippen molar-refractivity contribution in [2.24, 2.45) is 11.7 Å². The van der Waals surface area contributed by atoms with Crippen LogP contribution in [0.5, 0.6) is 0 Å². The third-order valence-electron chi connectivity index (χ3n) is 4.67. The van der Waals surface area contributed by atoms with Crippen LogP contribution in [0.15, 0.2) is 22.7 Å². The van der Waals surface area contributed by atoms with Crippen LogP contribution in [-0.2, 0) is 4.79 Å². The van der Waals surface area contributed by atoms with Crippen molar-refractivity contribution in [3.8, 4) is 11.3 Å². The first-order chi connectivity index (χ1) is 12.4. The molecule has 0 saturated carbocycles. The van der Waals surface area contributed by atoms with Crippen LogP contribution in [0.3, 0.4) is 0 Å². The van der Waals surface area contributed by atoms with Crippen LogP contribution in [-0.4, -0.2) is 35.0 Å². The quantitative estimate of drug-likeness (QED) is 0.883. The fourth-order valence-electron chi connectivity index (χ4n) is 3.30. The molecule has 1 aliphatic heterocycles. The minimum absolute atomic E-state index is 0.0537. The number of amides is 2. The molecule has 1 fully saturated rings. The summed E-state index contributed by atoms with van der Waals surface area (Å²) in [5.41, 5.74) is 5.61. The lowest BCUT2D eigenvalue weighted by atomic mass is 9.92. The van der Waals surface area contributed by atoms with E-state index < -0.39 is 5.82 Å². The summed E-state index contributed by atoms with van der Waals surface area (Å²) in [4.78, 5) is 25.7. The second-order valence-electron chi connectivity index (χ2n) is 6.47. The van der Waals surface area contributed by atoms with E-state index >= 15 is 0 Å². The number of benzene rings is 1. The largest absolute Gasteiger partial charge is 0.370 e. The number of likely N-dealkylation sites (tertiary alicyclic amines) is 1. The Hall–Kier alpha value is -2.41. The van der Waals surface area contributed by atoms with Gasteiger partial charge >= 0.3 is 0 Å². The smallest absolute Gasteiger partial charge is 0.259 e. The van der Waals surface area contributed by atoms with Gasteiger partial charge in [-0.15, -0.1) is 0 Å². The number of carbonyl (C=O) groups is 2. The fourth-order valence-corrected chi connectivity index (χ4v) is 3.55. The van der Waals surface area contributed by atoms with Crippen molar-refractivity contribution >= 4 is 23.4 Å². The highest BCUT2D eigenvalue weighted by atomic mass is 35.5. The van der Waals surface area contributed by atoms with Crippen LogP contribution >= 0.6 is 11.6 Å². The van der Waals surface area contributed by atoms with Crippen molar-refractivity contribution in [3.05, 3.63) is 40.4 Å².